The normalized spacial score (nSPS) is 11.2. The van der Waals surface area contributed by atoms with E-state index in [1.54, 1.807) is 30.3 Å². The molecule has 0 saturated carbocycles. The van der Waals surface area contributed by atoms with Crippen LogP contribution in [0.1, 0.15) is 86.8 Å². The summed E-state index contributed by atoms with van der Waals surface area (Å²) in [5.74, 6) is 0. The molecular weight excluding hydrogens is 360 g/mol. The molecule has 1 rings (SSSR count). The van der Waals surface area contributed by atoms with Crippen LogP contribution in [0.2, 0.25) is 0 Å². The third kappa shape index (κ3) is 13.2. The summed E-state index contributed by atoms with van der Waals surface area (Å²) in [5, 5.41) is 0. The second-order valence-corrected chi connectivity index (χ2v) is 8.09. The van der Waals surface area contributed by atoms with E-state index < -0.39 is 10.1 Å². The fourth-order valence-electron chi connectivity index (χ4n) is 2.77. The summed E-state index contributed by atoms with van der Waals surface area (Å²) in [6.07, 6.45) is 15.1. The maximum absolute atomic E-state index is 11.9. The molecule has 0 unspecified atom stereocenters. The van der Waals surface area contributed by atoms with Crippen molar-refractivity contribution in [1.82, 2.24) is 0 Å². The molecule has 0 heterocycles. The summed E-state index contributed by atoms with van der Waals surface area (Å²) >= 11 is 0. The van der Waals surface area contributed by atoms with Gasteiger partial charge in [0.2, 0.25) is 0 Å². The van der Waals surface area contributed by atoms with Gasteiger partial charge in [0.15, 0.2) is 0 Å². The Balaban J connectivity index is -0.00000192. The summed E-state index contributed by atoms with van der Waals surface area (Å²) in [4.78, 5) is 0.240. The van der Waals surface area contributed by atoms with E-state index in [2.05, 4.69) is 6.92 Å². The fraction of sp³-hybridized carbons (Fsp3) is 0.700. The average Bonchev–Trinajstić information content (AvgIpc) is 2.60. The zero-order valence-corrected chi connectivity index (χ0v) is 18.9. The SMILES string of the molecule is CCCCCCCCCCCCCCOS(=O)(=O)c1ccccc1.[Ca+2].[H-].[H-]. The first kappa shape index (κ1) is 25.4. The quantitative estimate of drug-likeness (QED) is 0.209. The van der Waals surface area contributed by atoms with Gasteiger partial charge >= 0.3 is 37.7 Å². The third-order valence-corrected chi connectivity index (χ3v) is 5.59. The molecule has 0 atom stereocenters. The van der Waals surface area contributed by atoms with Crippen LogP contribution in [0.15, 0.2) is 35.2 Å². The van der Waals surface area contributed by atoms with Gasteiger partial charge in [-0.1, -0.05) is 95.8 Å². The van der Waals surface area contributed by atoms with Crippen molar-refractivity contribution in [2.45, 2.75) is 88.9 Å². The van der Waals surface area contributed by atoms with Crippen molar-refractivity contribution < 1.29 is 15.5 Å². The molecule has 1 aromatic rings. The Bertz CT molecular complexity index is 513. The van der Waals surface area contributed by atoms with Crippen LogP contribution in [0, 0.1) is 0 Å². The third-order valence-electron chi connectivity index (χ3n) is 4.27. The second kappa shape index (κ2) is 16.6. The standard InChI is InChI=1S/C20H34O3S.Ca.2H/c1-2-3-4-5-6-7-8-9-10-11-12-16-19-23-24(21,22)20-17-14-13-15-18-20;;;/h13-15,17-18H,2-12,16,19H2,1H3;;;/q;+2;2*-1. The fourth-order valence-corrected chi connectivity index (χ4v) is 3.73. The van der Waals surface area contributed by atoms with E-state index in [1.165, 1.54) is 64.2 Å². The Morgan fingerprint density at radius 3 is 1.68 bits per heavy atom. The maximum Gasteiger partial charge on any atom is 2.00 e. The molecular formula is C20H36CaO3S. The molecule has 142 valence electrons. The van der Waals surface area contributed by atoms with E-state index in [0.717, 1.165) is 12.8 Å². The van der Waals surface area contributed by atoms with Gasteiger partial charge in [-0.05, 0) is 18.6 Å². The van der Waals surface area contributed by atoms with Crippen LogP contribution in [0.5, 0.6) is 0 Å². The molecule has 0 fully saturated rings. The molecule has 0 N–H and O–H groups in total. The number of hydrogen-bond acceptors (Lipinski definition) is 3. The Kier molecular flexibility index (Phi) is 16.8. The topological polar surface area (TPSA) is 43.4 Å². The Morgan fingerprint density at radius 2 is 1.20 bits per heavy atom. The molecule has 0 spiro atoms. The number of benzene rings is 1. The minimum Gasteiger partial charge on any atom is -1.00 e. The zero-order chi connectivity index (χ0) is 17.5. The van der Waals surface area contributed by atoms with Crippen molar-refractivity contribution in [1.29, 1.82) is 0 Å². The van der Waals surface area contributed by atoms with Gasteiger partial charge in [-0.2, -0.15) is 8.42 Å². The molecule has 25 heavy (non-hydrogen) atoms. The average molecular weight is 397 g/mol. The summed E-state index contributed by atoms with van der Waals surface area (Å²) in [6, 6.07) is 8.35. The molecule has 0 amide bonds. The first-order valence-electron chi connectivity index (χ1n) is 9.61. The van der Waals surface area contributed by atoms with Crippen LogP contribution >= 0.6 is 0 Å². The van der Waals surface area contributed by atoms with Gasteiger partial charge in [0, 0.05) is 0 Å². The van der Waals surface area contributed by atoms with Crippen LogP contribution in [-0.2, 0) is 14.3 Å². The van der Waals surface area contributed by atoms with Crippen LogP contribution in [0.25, 0.3) is 0 Å². The zero-order valence-electron chi connectivity index (χ0n) is 17.9. The summed E-state index contributed by atoms with van der Waals surface area (Å²) in [7, 11) is -3.57. The van der Waals surface area contributed by atoms with Crippen LogP contribution in [-0.4, -0.2) is 52.8 Å². The molecule has 3 nitrogen and oxygen atoms in total. The number of unbranched alkanes of at least 4 members (excludes halogenated alkanes) is 11. The van der Waals surface area contributed by atoms with E-state index >= 15 is 0 Å². The smallest absolute Gasteiger partial charge is 1.00 e. The largest absolute Gasteiger partial charge is 2.00 e. The predicted octanol–water partition coefficient (Wildman–Crippen LogP) is 5.94. The first-order chi connectivity index (χ1) is 11.7. The maximum atomic E-state index is 11.9. The van der Waals surface area contributed by atoms with Crippen molar-refractivity contribution in [3.8, 4) is 0 Å². The molecule has 0 aromatic heterocycles. The van der Waals surface area contributed by atoms with E-state index in [0.29, 0.717) is 0 Å². The predicted molar refractivity (Wildman–Crippen MR) is 109 cm³/mol. The van der Waals surface area contributed by atoms with E-state index in [1.807, 2.05) is 0 Å². The Hall–Kier alpha value is 0.390. The molecule has 5 heteroatoms. The number of hydrogen-bond donors (Lipinski definition) is 0. The van der Waals surface area contributed by atoms with Gasteiger partial charge in [-0.15, -0.1) is 0 Å². The molecule has 0 bridgehead atoms. The Morgan fingerprint density at radius 1 is 0.760 bits per heavy atom. The van der Waals surface area contributed by atoms with E-state index in [4.69, 9.17) is 4.18 Å². The van der Waals surface area contributed by atoms with Gasteiger partial charge in [0.1, 0.15) is 0 Å². The molecule has 0 aliphatic rings. The second-order valence-electron chi connectivity index (χ2n) is 6.48. The van der Waals surface area contributed by atoms with E-state index in [-0.39, 0.29) is 52.1 Å². The molecule has 1 aromatic carbocycles. The van der Waals surface area contributed by atoms with Crippen molar-refractivity contribution in [3.05, 3.63) is 30.3 Å². The first-order valence-corrected chi connectivity index (χ1v) is 11.0. The number of rotatable bonds is 15. The van der Waals surface area contributed by atoms with Crippen LogP contribution in [0.4, 0.5) is 0 Å². The van der Waals surface area contributed by atoms with Gasteiger partial charge in [0.05, 0.1) is 11.5 Å². The summed E-state index contributed by atoms with van der Waals surface area (Å²) in [5.41, 5.74) is 0. The van der Waals surface area contributed by atoms with Crippen molar-refractivity contribution in [2.24, 2.45) is 0 Å². The van der Waals surface area contributed by atoms with Gasteiger partial charge in [-0.3, -0.25) is 4.18 Å². The van der Waals surface area contributed by atoms with Crippen molar-refractivity contribution in [3.63, 3.8) is 0 Å². The molecule has 0 aliphatic heterocycles. The van der Waals surface area contributed by atoms with Crippen molar-refractivity contribution in [2.75, 3.05) is 6.61 Å². The molecule has 0 saturated heterocycles. The molecule has 0 aliphatic carbocycles. The summed E-state index contributed by atoms with van der Waals surface area (Å²) < 4.78 is 28.9. The van der Waals surface area contributed by atoms with Crippen molar-refractivity contribution >= 4 is 47.9 Å². The monoisotopic (exact) mass is 396 g/mol. The minimum absolute atomic E-state index is 0. The van der Waals surface area contributed by atoms with Crippen LogP contribution in [0.3, 0.4) is 0 Å². The molecule has 0 radical (unpaired) electrons. The van der Waals surface area contributed by atoms with E-state index in [9.17, 15) is 8.42 Å². The van der Waals surface area contributed by atoms with Crippen LogP contribution < -0.4 is 0 Å². The minimum atomic E-state index is -3.57. The van der Waals surface area contributed by atoms with Gasteiger partial charge in [-0.25, -0.2) is 0 Å². The van der Waals surface area contributed by atoms with Gasteiger partial charge in [0.25, 0.3) is 10.1 Å². The summed E-state index contributed by atoms with van der Waals surface area (Å²) in [6.45, 7) is 2.54. The Labute approximate surface area is 188 Å². The van der Waals surface area contributed by atoms with Gasteiger partial charge < -0.3 is 2.85 Å².